The summed E-state index contributed by atoms with van der Waals surface area (Å²) in [7, 11) is -2.44. The Bertz CT molecular complexity index is 210. The lowest BCUT2D eigenvalue weighted by Crippen LogP contribution is -1.96. The number of hydrogen-bond donors (Lipinski definition) is 0. The van der Waals surface area contributed by atoms with E-state index in [0.29, 0.717) is 12.8 Å². The van der Waals surface area contributed by atoms with Crippen molar-refractivity contribution < 1.29 is 9.09 Å². The first-order valence-electron chi connectivity index (χ1n) is 3.19. The third kappa shape index (κ3) is 1.79. The van der Waals surface area contributed by atoms with Gasteiger partial charge in [-0.15, -0.1) is 0 Å². The first-order valence-corrected chi connectivity index (χ1v) is 5.07. The van der Waals surface area contributed by atoms with Crippen molar-refractivity contribution in [3.8, 4) is 0 Å². The lowest BCUT2D eigenvalue weighted by atomic mass is 10.8. The van der Waals surface area contributed by atoms with E-state index in [0.717, 1.165) is 0 Å². The molecule has 0 aromatic heterocycles. The van der Waals surface area contributed by atoms with Gasteiger partial charge in [0, 0.05) is 18.2 Å². The van der Waals surface area contributed by atoms with E-state index < -0.39 is 7.37 Å². The van der Waals surface area contributed by atoms with Crippen LogP contribution in [0.5, 0.6) is 0 Å². The normalized spacial score (nSPS) is 30.9. The van der Waals surface area contributed by atoms with Gasteiger partial charge < -0.3 is 4.52 Å². The van der Waals surface area contributed by atoms with Gasteiger partial charge in [-0.05, 0) is 6.92 Å². The largest absolute Gasteiger partial charge is 0.326 e. The zero-order chi connectivity index (χ0) is 7.45. The van der Waals surface area contributed by atoms with Gasteiger partial charge in [-0.3, -0.25) is 9.56 Å². The van der Waals surface area contributed by atoms with Crippen LogP contribution < -0.4 is 0 Å². The predicted octanol–water partition coefficient (Wildman–Crippen LogP) is 1.86. The van der Waals surface area contributed by atoms with Crippen LogP contribution in [-0.4, -0.2) is 19.0 Å². The van der Waals surface area contributed by atoms with Gasteiger partial charge in [0.05, 0.1) is 12.8 Å². The van der Waals surface area contributed by atoms with E-state index in [2.05, 4.69) is 4.99 Å². The molecule has 0 aromatic carbocycles. The minimum Gasteiger partial charge on any atom is -0.326 e. The maximum Gasteiger partial charge on any atom is 0.231 e. The molecule has 0 radical (unpaired) electrons. The fraction of sp³-hybridized carbons (Fsp3) is 0.500. The van der Waals surface area contributed by atoms with Gasteiger partial charge in [0.2, 0.25) is 7.37 Å². The number of aliphatic imine (C=N–C) groups is 1. The molecule has 0 fully saturated rings. The minimum atomic E-state index is -2.44. The Balaban J connectivity index is 2.62. The van der Waals surface area contributed by atoms with Crippen molar-refractivity contribution >= 4 is 13.6 Å². The quantitative estimate of drug-likeness (QED) is 0.577. The fourth-order valence-electron chi connectivity index (χ4n) is 0.737. The molecule has 10 heavy (non-hydrogen) atoms. The first kappa shape index (κ1) is 7.70. The smallest absolute Gasteiger partial charge is 0.231 e. The van der Waals surface area contributed by atoms with Gasteiger partial charge in [-0.2, -0.15) is 0 Å². The van der Waals surface area contributed by atoms with Crippen molar-refractivity contribution in [1.29, 1.82) is 0 Å². The SMILES string of the molecule is CCOP1(=O)C=CN=CC1. The van der Waals surface area contributed by atoms with E-state index in [1.807, 2.05) is 6.92 Å². The highest BCUT2D eigenvalue weighted by atomic mass is 31.2. The highest BCUT2D eigenvalue weighted by molar-refractivity contribution is 7.63. The molecule has 1 aliphatic rings. The second kappa shape index (κ2) is 3.13. The number of rotatable bonds is 2. The van der Waals surface area contributed by atoms with Gasteiger partial charge in [0.25, 0.3) is 0 Å². The van der Waals surface area contributed by atoms with Crippen molar-refractivity contribution in [2.75, 3.05) is 12.8 Å². The van der Waals surface area contributed by atoms with Gasteiger partial charge in [0.1, 0.15) is 0 Å². The van der Waals surface area contributed by atoms with Crippen molar-refractivity contribution in [3.63, 3.8) is 0 Å². The molecule has 0 N–H and O–H groups in total. The van der Waals surface area contributed by atoms with Crippen LogP contribution in [0, 0.1) is 0 Å². The molecule has 0 saturated heterocycles. The van der Waals surface area contributed by atoms with Gasteiger partial charge in [0.15, 0.2) is 0 Å². The second-order valence-corrected chi connectivity index (χ2v) is 4.33. The summed E-state index contributed by atoms with van der Waals surface area (Å²) in [5.41, 5.74) is 0. The molecule has 1 aliphatic heterocycles. The Hall–Kier alpha value is -0.400. The number of hydrogen-bond acceptors (Lipinski definition) is 3. The van der Waals surface area contributed by atoms with E-state index >= 15 is 0 Å². The molecular weight excluding hydrogens is 149 g/mol. The monoisotopic (exact) mass is 159 g/mol. The third-order valence-corrected chi connectivity index (χ3v) is 3.12. The third-order valence-electron chi connectivity index (χ3n) is 1.17. The van der Waals surface area contributed by atoms with E-state index in [4.69, 9.17) is 4.52 Å². The average molecular weight is 159 g/mol. The standard InChI is InChI=1S/C6H10NO2P/c1-2-9-10(8)5-3-7-4-6-10/h3-5H,2,6H2,1H3. The number of nitrogens with zero attached hydrogens (tertiary/aromatic N) is 1. The van der Waals surface area contributed by atoms with E-state index in [1.54, 1.807) is 12.0 Å². The molecule has 1 rings (SSSR count). The summed E-state index contributed by atoms with van der Waals surface area (Å²) < 4.78 is 16.5. The lowest BCUT2D eigenvalue weighted by molar-refractivity contribution is 0.342. The Labute approximate surface area is 60.3 Å². The zero-order valence-corrected chi connectivity index (χ0v) is 6.75. The van der Waals surface area contributed by atoms with E-state index in [9.17, 15) is 4.57 Å². The summed E-state index contributed by atoms with van der Waals surface area (Å²) in [6, 6.07) is 0. The predicted molar refractivity (Wildman–Crippen MR) is 41.7 cm³/mol. The molecule has 0 aromatic rings. The Morgan fingerprint density at radius 3 is 3.10 bits per heavy atom. The molecule has 3 nitrogen and oxygen atoms in total. The van der Waals surface area contributed by atoms with E-state index in [1.165, 1.54) is 6.20 Å². The van der Waals surface area contributed by atoms with E-state index in [-0.39, 0.29) is 0 Å². The van der Waals surface area contributed by atoms with Crippen molar-refractivity contribution in [2.45, 2.75) is 6.92 Å². The van der Waals surface area contributed by atoms with Crippen molar-refractivity contribution in [1.82, 2.24) is 0 Å². The molecule has 0 spiro atoms. The van der Waals surface area contributed by atoms with Crippen molar-refractivity contribution in [3.05, 3.63) is 12.0 Å². The van der Waals surface area contributed by atoms with Crippen LogP contribution >= 0.6 is 7.37 Å². The lowest BCUT2D eigenvalue weighted by Gasteiger charge is -2.12. The maximum absolute atomic E-state index is 11.4. The Morgan fingerprint density at radius 1 is 1.80 bits per heavy atom. The molecule has 1 heterocycles. The summed E-state index contributed by atoms with van der Waals surface area (Å²) in [6.45, 7) is 2.33. The molecule has 1 unspecified atom stereocenters. The Kier molecular flexibility index (Phi) is 2.41. The topological polar surface area (TPSA) is 38.7 Å². The van der Waals surface area contributed by atoms with Gasteiger partial charge in [-0.1, -0.05) is 0 Å². The summed E-state index contributed by atoms with van der Waals surface area (Å²) in [5, 5.41) is 0. The molecule has 1 atom stereocenters. The van der Waals surface area contributed by atoms with Crippen LogP contribution in [0.1, 0.15) is 6.92 Å². The minimum absolute atomic E-state index is 0.442. The molecule has 0 amide bonds. The highest BCUT2D eigenvalue weighted by Gasteiger charge is 2.18. The summed E-state index contributed by atoms with van der Waals surface area (Å²) >= 11 is 0. The van der Waals surface area contributed by atoms with Crippen LogP contribution in [0.4, 0.5) is 0 Å². The average Bonchev–Trinajstić information content (AvgIpc) is 1.89. The van der Waals surface area contributed by atoms with Crippen LogP contribution in [-0.2, 0) is 9.09 Å². The van der Waals surface area contributed by atoms with Crippen LogP contribution in [0.25, 0.3) is 0 Å². The summed E-state index contributed by atoms with van der Waals surface area (Å²) in [4.78, 5) is 3.80. The van der Waals surface area contributed by atoms with Crippen LogP contribution in [0.3, 0.4) is 0 Å². The van der Waals surface area contributed by atoms with Gasteiger partial charge in [-0.25, -0.2) is 0 Å². The molecule has 0 bridgehead atoms. The van der Waals surface area contributed by atoms with Gasteiger partial charge >= 0.3 is 0 Å². The summed E-state index contributed by atoms with van der Waals surface area (Å²) in [5.74, 6) is 1.55. The second-order valence-electron chi connectivity index (χ2n) is 1.96. The first-order chi connectivity index (χ1) is 4.77. The molecule has 0 saturated carbocycles. The fourth-order valence-corrected chi connectivity index (χ4v) is 2.09. The van der Waals surface area contributed by atoms with Crippen LogP contribution in [0.2, 0.25) is 0 Å². The summed E-state index contributed by atoms with van der Waals surface area (Å²) in [6.07, 6.45) is 3.59. The molecule has 4 heteroatoms. The van der Waals surface area contributed by atoms with Crippen molar-refractivity contribution in [2.24, 2.45) is 4.99 Å². The maximum atomic E-state index is 11.4. The molecule has 0 aliphatic carbocycles. The van der Waals surface area contributed by atoms with Crippen LogP contribution in [0.15, 0.2) is 17.0 Å². The molecule has 56 valence electrons. The highest BCUT2D eigenvalue weighted by Crippen LogP contribution is 2.48. The molecular formula is C6H10NO2P. The Morgan fingerprint density at radius 2 is 2.60 bits per heavy atom. The zero-order valence-electron chi connectivity index (χ0n) is 5.86.